The Hall–Kier alpha value is -0.470. The van der Waals surface area contributed by atoms with E-state index in [1.54, 1.807) is 4.57 Å². The summed E-state index contributed by atoms with van der Waals surface area (Å²) in [6.45, 7) is 0.222. The molecule has 0 fully saturated rings. The fraction of sp³-hybridized carbons (Fsp3) is 0.300. The fourth-order valence-corrected chi connectivity index (χ4v) is 2.75. The Morgan fingerprint density at radius 3 is 2.78 bits per heavy atom. The van der Waals surface area contributed by atoms with E-state index in [9.17, 15) is 13.2 Å². The van der Waals surface area contributed by atoms with Crippen molar-refractivity contribution in [3.05, 3.63) is 27.4 Å². The van der Waals surface area contributed by atoms with Gasteiger partial charge in [0.15, 0.2) is 4.77 Å². The molecule has 0 amide bonds. The normalized spacial score (nSPS) is 12.2. The number of hydrogen-bond acceptors (Lipinski definition) is 2. The molecular weight excluding hydrogens is 349 g/mol. The minimum Gasteiger partial charge on any atom is -0.331 e. The molecule has 1 N–H and O–H groups in total. The molecule has 0 unspecified atom stereocenters. The second-order valence-corrected chi connectivity index (χ2v) is 6.00. The highest BCUT2D eigenvalue weighted by molar-refractivity contribution is 9.10. The van der Waals surface area contributed by atoms with Crippen LogP contribution in [-0.4, -0.2) is 20.8 Å². The minimum absolute atomic E-state index is 0.0395. The van der Waals surface area contributed by atoms with E-state index in [2.05, 4.69) is 20.9 Å². The van der Waals surface area contributed by atoms with Gasteiger partial charge in [-0.2, -0.15) is 13.2 Å². The fourth-order valence-electron chi connectivity index (χ4n) is 1.60. The first-order valence-electron chi connectivity index (χ1n) is 4.95. The summed E-state index contributed by atoms with van der Waals surface area (Å²) in [5.74, 6) is -0.0583. The van der Waals surface area contributed by atoms with Crippen LogP contribution < -0.4 is 0 Å². The summed E-state index contributed by atoms with van der Waals surface area (Å²) in [5, 5.41) is 0. The number of hydrogen-bond donors (Lipinski definition) is 1. The Morgan fingerprint density at radius 2 is 2.11 bits per heavy atom. The molecule has 0 atom stereocenters. The van der Waals surface area contributed by atoms with Gasteiger partial charge < -0.3 is 9.55 Å². The smallest absolute Gasteiger partial charge is 0.331 e. The van der Waals surface area contributed by atoms with E-state index >= 15 is 0 Å². The molecule has 2 rings (SSSR count). The minimum atomic E-state index is -4.20. The van der Waals surface area contributed by atoms with Gasteiger partial charge in [-0.1, -0.05) is 15.9 Å². The number of aromatic nitrogens is 2. The summed E-state index contributed by atoms with van der Waals surface area (Å²) < 4.78 is 39.2. The molecule has 0 saturated heterocycles. The van der Waals surface area contributed by atoms with Crippen LogP contribution in [0.1, 0.15) is 0 Å². The number of imidazole rings is 1. The quantitative estimate of drug-likeness (QED) is 0.803. The zero-order valence-corrected chi connectivity index (χ0v) is 12.1. The average molecular weight is 357 g/mol. The molecule has 98 valence electrons. The number of alkyl halides is 3. The molecule has 0 saturated carbocycles. The molecule has 0 radical (unpaired) electrons. The van der Waals surface area contributed by atoms with E-state index in [0.29, 0.717) is 4.77 Å². The first-order valence-corrected chi connectivity index (χ1v) is 7.14. The summed E-state index contributed by atoms with van der Waals surface area (Å²) in [6.07, 6.45) is 0. The van der Waals surface area contributed by atoms with Crippen molar-refractivity contribution in [3.8, 4) is 0 Å². The van der Waals surface area contributed by atoms with Gasteiger partial charge in [0, 0.05) is 16.8 Å². The van der Waals surface area contributed by atoms with E-state index in [1.807, 2.05) is 18.2 Å². The van der Waals surface area contributed by atoms with Gasteiger partial charge in [0.2, 0.25) is 0 Å². The van der Waals surface area contributed by atoms with Gasteiger partial charge in [0.25, 0.3) is 0 Å². The first kappa shape index (κ1) is 14.0. The first-order chi connectivity index (χ1) is 8.37. The van der Waals surface area contributed by atoms with Crippen LogP contribution in [0.3, 0.4) is 0 Å². The lowest BCUT2D eigenvalue weighted by atomic mass is 10.3. The third-order valence-electron chi connectivity index (χ3n) is 2.32. The highest BCUT2D eigenvalue weighted by Gasteiger charge is 2.27. The van der Waals surface area contributed by atoms with E-state index in [1.165, 1.54) is 0 Å². The Labute approximate surface area is 119 Å². The van der Waals surface area contributed by atoms with Crippen LogP contribution in [-0.2, 0) is 6.54 Å². The zero-order chi connectivity index (χ0) is 13.3. The van der Waals surface area contributed by atoms with Crippen LogP contribution in [0.15, 0.2) is 22.7 Å². The summed E-state index contributed by atoms with van der Waals surface area (Å²) in [5.41, 5.74) is -2.58. The van der Waals surface area contributed by atoms with Crippen molar-refractivity contribution in [3.63, 3.8) is 0 Å². The molecule has 1 aromatic heterocycles. The van der Waals surface area contributed by atoms with Gasteiger partial charge in [0.05, 0.1) is 11.0 Å². The lowest BCUT2D eigenvalue weighted by Crippen LogP contribution is -2.07. The van der Waals surface area contributed by atoms with Crippen LogP contribution in [0.4, 0.5) is 13.2 Å². The van der Waals surface area contributed by atoms with E-state index in [4.69, 9.17) is 12.2 Å². The van der Waals surface area contributed by atoms with Crippen molar-refractivity contribution < 1.29 is 13.2 Å². The summed E-state index contributed by atoms with van der Waals surface area (Å²) >= 11 is 8.39. The summed E-state index contributed by atoms with van der Waals surface area (Å²) in [7, 11) is 0. The molecule has 0 aliphatic rings. The number of nitrogens with zero attached hydrogens (tertiary/aromatic N) is 1. The molecule has 1 aromatic carbocycles. The van der Waals surface area contributed by atoms with Gasteiger partial charge in [-0.25, -0.2) is 0 Å². The molecule has 1 heterocycles. The maximum Gasteiger partial charge on any atom is 0.441 e. The van der Waals surface area contributed by atoms with E-state index in [0.717, 1.165) is 15.5 Å². The lowest BCUT2D eigenvalue weighted by molar-refractivity contribution is -0.0328. The highest BCUT2D eigenvalue weighted by Crippen LogP contribution is 2.30. The van der Waals surface area contributed by atoms with Crippen molar-refractivity contribution >= 4 is 50.9 Å². The summed E-state index contributed by atoms with van der Waals surface area (Å²) in [6, 6.07) is 5.52. The largest absolute Gasteiger partial charge is 0.441 e. The SMILES string of the molecule is FC(F)(F)SCCn1c(=S)[nH]c2ccc(Br)cc21. The molecule has 0 aliphatic carbocycles. The highest BCUT2D eigenvalue weighted by atomic mass is 79.9. The molecule has 8 heteroatoms. The van der Waals surface area contributed by atoms with Crippen LogP contribution in [0.2, 0.25) is 0 Å². The van der Waals surface area contributed by atoms with Gasteiger partial charge in [-0.05, 0) is 42.2 Å². The van der Waals surface area contributed by atoms with Gasteiger partial charge in [0.1, 0.15) is 0 Å². The zero-order valence-electron chi connectivity index (χ0n) is 8.92. The van der Waals surface area contributed by atoms with Crippen molar-refractivity contribution in [1.29, 1.82) is 0 Å². The second kappa shape index (κ2) is 5.26. The maximum absolute atomic E-state index is 12.1. The lowest BCUT2D eigenvalue weighted by Gasteiger charge is -2.07. The van der Waals surface area contributed by atoms with Gasteiger partial charge in [-0.3, -0.25) is 0 Å². The Balaban J connectivity index is 2.25. The number of halogens is 4. The maximum atomic E-state index is 12.1. The van der Waals surface area contributed by atoms with Crippen LogP contribution >= 0.6 is 39.9 Å². The second-order valence-electron chi connectivity index (χ2n) is 3.54. The van der Waals surface area contributed by atoms with Gasteiger partial charge in [-0.15, -0.1) is 0 Å². The monoisotopic (exact) mass is 356 g/mol. The number of aromatic amines is 1. The van der Waals surface area contributed by atoms with Crippen molar-refractivity contribution in [2.24, 2.45) is 0 Å². The van der Waals surface area contributed by atoms with Crippen molar-refractivity contribution in [2.75, 3.05) is 5.75 Å². The Kier molecular flexibility index (Phi) is 4.08. The molecule has 2 aromatic rings. The number of nitrogens with one attached hydrogen (secondary N) is 1. The third-order valence-corrected chi connectivity index (χ3v) is 3.85. The molecule has 0 bridgehead atoms. The topological polar surface area (TPSA) is 20.7 Å². The van der Waals surface area contributed by atoms with Crippen molar-refractivity contribution in [2.45, 2.75) is 12.1 Å². The number of rotatable bonds is 3. The predicted molar refractivity (Wildman–Crippen MR) is 73.3 cm³/mol. The van der Waals surface area contributed by atoms with Crippen LogP contribution in [0.5, 0.6) is 0 Å². The standard InChI is InChI=1S/C10H8BrF3N2S2/c11-6-1-2-7-8(5-6)16(9(17)15-7)3-4-18-10(12,13)14/h1-2,5H,3-4H2,(H,15,17). The third kappa shape index (κ3) is 3.30. The number of fused-ring (bicyclic) bond motifs is 1. The number of aryl methyl sites for hydroxylation is 1. The number of H-pyrrole nitrogens is 1. The molecule has 0 spiro atoms. The number of benzene rings is 1. The van der Waals surface area contributed by atoms with E-state index < -0.39 is 5.51 Å². The van der Waals surface area contributed by atoms with Gasteiger partial charge >= 0.3 is 5.51 Å². The van der Waals surface area contributed by atoms with E-state index in [-0.39, 0.29) is 24.1 Å². The molecule has 2 nitrogen and oxygen atoms in total. The number of thioether (sulfide) groups is 1. The predicted octanol–water partition coefficient (Wildman–Crippen LogP) is 4.71. The van der Waals surface area contributed by atoms with Crippen LogP contribution in [0.25, 0.3) is 11.0 Å². The Morgan fingerprint density at radius 1 is 1.39 bits per heavy atom. The molecular formula is C10H8BrF3N2S2. The average Bonchev–Trinajstić information content (AvgIpc) is 2.54. The molecule has 18 heavy (non-hydrogen) atoms. The van der Waals surface area contributed by atoms with Crippen LogP contribution in [0, 0.1) is 4.77 Å². The Bertz CT molecular complexity index is 618. The van der Waals surface area contributed by atoms with Crippen molar-refractivity contribution in [1.82, 2.24) is 9.55 Å². The molecule has 0 aliphatic heterocycles. The summed E-state index contributed by atoms with van der Waals surface area (Å²) in [4.78, 5) is 2.97.